The Morgan fingerprint density at radius 2 is 2.31 bits per heavy atom. The third-order valence-corrected chi connectivity index (χ3v) is 1.74. The van der Waals surface area contributed by atoms with Gasteiger partial charge in [-0.25, -0.2) is 4.98 Å². The second-order valence-corrected chi connectivity index (χ2v) is 2.56. The molecule has 0 aliphatic rings. The lowest BCUT2D eigenvalue weighted by Gasteiger charge is -1.95. The molecule has 0 saturated carbocycles. The molecule has 1 aromatic rings. The summed E-state index contributed by atoms with van der Waals surface area (Å²) in [5, 5.41) is 0. The monoisotopic (exact) mass is 178 g/mol. The summed E-state index contributed by atoms with van der Waals surface area (Å²) >= 11 is 0. The number of nitrogens with zero attached hydrogens (tertiary/aromatic N) is 1. The molecule has 0 saturated heterocycles. The molecule has 0 fully saturated rings. The summed E-state index contributed by atoms with van der Waals surface area (Å²) in [5.41, 5.74) is 5.13. The van der Waals surface area contributed by atoms with Gasteiger partial charge in [0.1, 0.15) is 5.56 Å². The number of primary amides is 1. The van der Waals surface area contributed by atoms with Gasteiger partial charge in [0.05, 0.1) is 0 Å². The molecular formula is C9H10N2O2. The average molecular weight is 178 g/mol. The third kappa shape index (κ3) is 1.90. The number of hydrogen-bond acceptors (Lipinski definition) is 3. The molecule has 1 aromatic heterocycles. The van der Waals surface area contributed by atoms with Gasteiger partial charge >= 0.3 is 0 Å². The van der Waals surface area contributed by atoms with Crippen molar-refractivity contribution in [2.45, 2.75) is 13.3 Å². The number of carbonyl (C=O) groups excluding carboxylic acids is 1. The predicted molar refractivity (Wildman–Crippen MR) is 48.4 cm³/mol. The highest BCUT2D eigenvalue weighted by molar-refractivity contribution is 5.93. The van der Waals surface area contributed by atoms with Gasteiger partial charge in [-0.1, -0.05) is 13.0 Å². The first-order chi connectivity index (χ1) is 6.16. The maximum atomic E-state index is 11.2. The Hall–Kier alpha value is -1.71. The normalized spacial score (nSPS) is 9.62. The van der Waals surface area contributed by atoms with Crippen molar-refractivity contribution in [1.29, 1.82) is 0 Å². The highest BCUT2D eigenvalue weighted by Gasteiger charge is 2.09. The van der Waals surface area contributed by atoms with Gasteiger partial charge in [-0.2, -0.15) is 0 Å². The topological polar surface area (TPSA) is 73.1 Å². The van der Waals surface area contributed by atoms with Crippen LogP contribution in [0.25, 0.3) is 0 Å². The molecule has 0 radical (unpaired) electrons. The van der Waals surface area contributed by atoms with Gasteiger partial charge in [-0.15, -0.1) is 0 Å². The quantitative estimate of drug-likeness (QED) is 0.698. The van der Waals surface area contributed by atoms with E-state index >= 15 is 0 Å². The number of aromatic nitrogens is 1. The second-order valence-electron chi connectivity index (χ2n) is 2.56. The maximum Gasteiger partial charge on any atom is 0.282 e. The lowest BCUT2D eigenvalue weighted by atomic mass is 10.1. The molecular weight excluding hydrogens is 168 g/mol. The summed E-state index contributed by atoms with van der Waals surface area (Å²) in [6.45, 7) is 1.85. The van der Waals surface area contributed by atoms with Crippen LogP contribution in [-0.4, -0.2) is 10.9 Å². The van der Waals surface area contributed by atoms with Gasteiger partial charge in [0.15, 0.2) is 0 Å². The Morgan fingerprint density at radius 3 is 2.85 bits per heavy atom. The highest BCUT2D eigenvalue weighted by atomic mass is 16.2. The van der Waals surface area contributed by atoms with E-state index in [1.54, 1.807) is 12.1 Å². The molecule has 4 heteroatoms. The first-order valence-electron chi connectivity index (χ1n) is 3.94. The van der Waals surface area contributed by atoms with Crippen LogP contribution in [0.2, 0.25) is 0 Å². The zero-order valence-electron chi connectivity index (χ0n) is 7.28. The Balaban J connectivity index is 3.54. The van der Waals surface area contributed by atoms with E-state index in [1.165, 1.54) is 6.20 Å². The van der Waals surface area contributed by atoms with E-state index in [4.69, 9.17) is 5.73 Å². The maximum absolute atomic E-state index is 11.2. The first-order valence-corrected chi connectivity index (χ1v) is 3.94. The summed E-state index contributed by atoms with van der Waals surface area (Å²) in [4.78, 5) is 25.7. The van der Waals surface area contributed by atoms with E-state index in [0.717, 1.165) is 0 Å². The van der Waals surface area contributed by atoms with Crippen molar-refractivity contribution < 1.29 is 4.79 Å². The molecule has 0 atom stereocenters. The van der Waals surface area contributed by atoms with Crippen molar-refractivity contribution in [3.63, 3.8) is 0 Å². The van der Waals surface area contributed by atoms with Crippen LogP contribution in [0.1, 0.15) is 22.8 Å². The van der Waals surface area contributed by atoms with Crippen molar-refractivity contribution in [3.8, 4) is 0 Å². The van der Waals surface area contributed by atoms with Gasteiger partial charge in [-0.05, 0) is 18.1 Å². The van der Waals surface area contributed by atoms with Crippen LogP contribution in [0.3, 0.4) is 0 Å². The lowest BCUT2D eigenvalue weighted by molar-refractivity contribution is 0.0998. The second kappa shape index (κ2) is 3.80. The van der Waals surface area contributed by atoms with Crippen LogP contribution in [0.15, 0.2) is 23.1 Å². The van der Waals surface area contributed by atoms with Crippen molar-refractivity contribution >= 4 is 5.91 Å². The number of carbonyl (C=O) groups is 1. The zero-order valence-corrected chi connectivity index (χ0v) is 7.28. The molecule has 1 rings (SSSR count). The molecule has 2 N–H and O–H groups in total. The molecule has 0 bridgehead atoms. The molecule has 13 heavy (non-hydrogen) atoms. The molecule has 0 unspecified atom stereocenters. The average Bonchev–Trinajstić information content (AvgIpc) is 2.26. The van der Waals surface area contributed by atoms with Gasteiger partial charge in [0.2, 0.25) is 0 Å². The molecule has 0 aromatic carbocycles. The van der Waals surface area contributed by atoms with Crippen molar-refractivity contribution in [2.75, 3.05) is 0 Å². The largest absolute Gasteiger partial charge is 0.365 e. The van der Waals surface area contributed by atoms with E-state index in [2.05, 4.69) is 4.98 Å². The molecule has 0 aliphatic carbocycles. The third-order valence-electron chi connectivity index (χ3n) is 1.74. The summed E-state index contributed by atoms with van der Waals surface area (Å²) in [6.07, 6.45) is 1.94. The summed E-state index contributed by atoms with van der Waals surface area (Å²) < 4.78 is 0. The minimum absolute atomic E-state index is 0.00694. The summed E-state index contributed by atoms with van der Waals surface area (Å²) in [6, 6.07) is 3.29. The van der Waals surface area contributed by atoms with Crippen LogP contribution in [0.4, 0.5) is 0 Å². The molecule has 1 amide bonds. The van der Waals surface area contributed by atoms with Gasteiger partial charge in [-0.3, -0.25) is 9.59 Å². The molecule has 0 spiro atoms. The number of amides is 1. The van der Waals surface area contributed by atoms with E-state index < -0.39 is 11.5 Å². The fourth-order valence-electron chi connectivity index (χ4n) is 1.11. The summed E-state index contributed by atoms with van der Waals surface area (Å²) in [7, 11) is 0. The van der Waals surface area contributed by atoms with E-state index in [9.17, 15) is 9.59 Å². The standard InChI is InChI=1S/C9H10N2O2/c1-2-6-4-3-5-11-9(13)7(6)8(10)12/h3-5H,2H2,1H3,(H2,10,12). The Bertz CT molecular complexity index is 388. The Kier molecular flexibility index (Phi) is 2.74. The number of hydrogen-bond donors (Lipinski definition) is 1. The Labute approximate surface area is 75.4 Å². The molecule has 4 nitrogen and oxygen atoms in total. The van der Waals surface area contributed by atoms with Gasteiger partial charge in [0.25, 0.3) is 11.5 Å². The number of aryl methyl sites for hydroxylation is 1. The smallest absolute Gasteiger partial charge is 0.282 e. The number of nitrogens with two attached hydrogens (primary N) is 1. The van der Waals surface area contributed by atoms with Crippen LogP contribution >= 0.6 is 0 Å². The van der Waals surface area contributed by atoms with Crippen LogP contribution in [0, 0.1) is 0 Å². The SMILES string of the molecule is CCc1cccnc(=O)c1C(N)=O. The van der Waals surface area contributed by atoms with Crippen LogP contribution in [0.5, 0.6) is 0 Å². The Morgan fingerprint density at radius 1 is 1.62 bits per heavy atom. The van der Waals surface area contributed by atoms with E-state index in [0.29, 0.717) is 12.0 Å². The highest BCUT2D eigenvalue weighted by Crippen LogP contribution is 2.01. The van der Waals surface area contributed by atoms with E-state index in [1.807, 2.05) is 6.92 Å². The molecule has 0 aliphatic heterocycles. The van der Waals surface area contributed by atoms with Crippen molar-refractivity contribution in [1.82, 2.24) is 4.98 Å². The minimum Gasteiger partial charge on any atom is -0.365 e. The van der Waals surface area contributed by atoms with Gasteiger partial charge in [0, 0.05) is 6.20 Å². The first kappa shape index (κ1) is 9.38. The predicted octanol–water partition coefficient (Wildman–Crippen LogP) is 0.103. The van der Waals surface area contributed by atoms with Crippen LogP contribution in [-0.2, 0) is 6.42 Å². The zero-order chi connectivity index (χ0) is 9.84. The lowest BCUT2D eigenvalue weighted by Crippen LogP contribution is -2.23. The van der Waals surface area contributed by atoms with Gasteiger partial charge < -0.3 is 5.73 Å². The van der Waals surface area contributed by atoms with E-state index in [-0.39, 0.29) is 5.56 Å². The summed E-state index contributed by atoms with van der Waals surface area (Å²) in [5.74, 6) is -0.717. The fraction of sp³-hybridized carbons (Fsp3) is 0.222. The van der Waals surface area contributed by atoms with Crippen molar-refractivity contribution in [2.24, 2.45) is 5.73 Å². The molecule has 68 valence electrons. The molecule has 1 heterocycles. The fourth-order valence-corrected chi connectivity index (χ4v) is 1.11. The van der Waals surface area contributed by atoms with Crippen LogP contribution < -0.4 is 11.3 Å². The minimum atomic E-state index is -0.717. The number of rotatable bonds is 2. The van der Waals surface area contributed by atoms with Crippen molar-refractivity contribution in [3.05, 3.63) is 39.8 Å².